The minimum atomic E-state index is 1.26. The molecule has 0 fully saturated rings. The van der Waals surface area contributed by atoms with E-state index in [1.165, 1.54) is 27.8 Å². The summed E-state index contributed by atoms with van der Waals surface area (Å²) in [5, 5.41) is 0. The highest BCUT2D eigenvalue weighted by atomic mass is 14.1. The topological polar surface area (TPSA) is 0 Å². The van der Waals surface area contributed by atoms with E-state index in [0.29, 0.717) is 0 Å². The Morgan fingerprint density at radius 2 is 1.59 bits per heavy atom. The average molecular weight is 218 g/mol. The van der Waals surface area contributed by atoms with Crippen molar-refractivity contribution in [1.29, 1.82) is 0 Å². The summed E-state index contributed by atoms with van der Waals surface area (Å²) in [6, 6.07) is 17.1. The molecule has 0 aromatic heterocycles. The molecule has 17 heavy (non-hydrogen) atoms. The summed E-state index contributed by atoms with van der Waals surface area (Å²) in [6.07, 6.45) is 6.60. The molecule has 0 amide bonds. The summed E-state index contributed by atoms with van der Waals surface area (Å²) in [5.74, 6) is 0. The molecule has 1 aliphatic rings. The molecule has 1 aliphatic carbocycles. The Morgan fingerprint density at radius 1 is 0.824 bits per heavy atom. The summed E-state index contributed by atoms with van der Waals surface area (Å²) in [4.78, 5) is 0. The van der Waals surface area contributed by atoms with Gasteiger partial charge >= 0.3 is 0 Å². The SMILES string of the molecule is Cc1ccc(/C=C2/C=Cc3ccccc32)cc1. The lowest BCUT2D eigenvalue weighted by atomic mass is 10.0. The summed E-state index contributed by atoms with van der Waals surface area (Å²) in [6.45, 7) is 2.11. The Labute approximate surface area is 102 Å². The van der Waals surface area contributed by atoms with Crippen LogP contribution in [0.2, 0.25) is 0 Å². The minimum Gasteiger partial charge on any atom is -0.0616 e. The molecule has 0 heterocycles. The van der Waals surface area contributed by atoms with Crippen LogP contribution >= 0.6 is 0 Å². The number of fused-ring (bicyclic) bond motifs is 1. The van der Waals surface area contributed by atoms with Crippen LogP contribution < -0.4 is 0 Å². The molecule has 0 nitrogen and oxygen atoms in total. The molecular weight excluding hydrogens is 204 g/mol. The predicted octanol–water partition coefficient (Wildman–Crippen LogP) is 4.56. The van der Waals surface area contributed by atoms with E-state index in [1.807, 2.05) is 0 Å². The van der Waals surface area contributed by atoms with Crippen LogP contribution in [0.3, 0.4) is 0 Å². The summed E-state index contributed by atoms with van der Waals surface area (Å²) >= 11 is 0. The van der Waals surface area contributed by atoms with Crippen LogP contribution in [-0.4, -0.2) is 0 Å². The number of hydrogen-bond donors (Lipinski definition) is 0. The number of rotatable bonds is 1. The van der Waals surface area contributed by atoms with Crippen LogP contribution in [0, 0.1) is 6.92 Å². The van der Waals surface area contributed by atoms with Crippen LogP contribution in [0.4, 0.5) is 0 Å². The van der Waals surface area contributed by atoms with Crippen LogP contribution in [0.1, 0.15) is 22.3 Å². The van der Waals surface area contributed by atoms with E-state index in [9.17, 15) is 0 Å². The van der Waals surface area contributed by atoms with Crippen LogP contribution in [-0.2, 0) is 0 Å². The third kappa shape index (κ3) is 1.94. The Bertz CT molecular complexity index is 598. The summed E-state index contributed by atoms with van der Waals surface area (Å²) < 4.78 is 0. The lowest BCUT2D eigenvalue weighted by Crippen LogP contribution is -1.80. The molecule has 0 N–H and O–H groups in total. The molecule has 3 rings (SSSR count). The van der Waals surface area contributed by atoms with Gasteiger partial charge in [0, 0.05) is 0 Å². The van der Waals surface area contributed by atoms with E-state index in [0.717, 1.165) is 0 Å². The molecule has 2 aromatic rings. The summed E-state index contributed by atoms with van der Waals surface area (Å²) in [5.41, 5.74) is 6.49. The van der Waals surface area contributed by atoms with E-state index in [2.05, 4.69) is 73.7 Å². The first-order valence-electron chi connectivity index (χ1n) is 5.89. The maximum Gasteiger partial charge on any atom is -0.0111 e. The van der Waals surface area contributed by atoms with Crippen molar-refractivity contribution in [2.24, 2.45) is 0 Å². The normalized spacial score (nSPS) is 15.2. The number of allylic oxidation sites excluding steroid dienone is 2. The van der Waals surface area contributed by atoms with Gasteiger partial charge in [-0.15, -0.1) is 0 Å². The third-order valence-electron chi connectivity index (χ3n) is 3.11. The van der Waals surface area contributed by atoms with Crippen molar-refractivity contribution in [3.63, 3.8) is 0 Å². The molecule has 2 aromatic carbocycles. The molecule has 0 heteroatoms. The summed E-state index contributed by atoms with van der Waals surface area (Å²) in [7, 11) is 0. The number of aryl methyl sites for hydroxylation is 1. The Hall–Kier alpha value is -2.08. The van der Waals surface area contributed by atoms with Gasteiger partial charge in [-0.25, -0.2) is 0 Å². The van der Waals surface area contributed by atoms with E-state index in [4.69, 9.17) is 0 Å². The smallest absolute Gasteiger partial charge is 0.0111 e. The first-order chi connectivity index (χ1) is 8.33. The third-order valence-corrected chi connectivity index (χ3v) is 3.11. The van der Waals surface area contributed by atoms with Gasteiger partial charge in [-0.05, 0) is 35.3 Å². The highest BCUT2D eigenvalue weighted by Crippen LogP contribution is 2.30. The lowest BCUT2D eigenvalue weighted by Gasteiger charge is -2.01. The van der Waals surface area contributed by atoms with Gasteiger partial charge in [-0.1, -0.05) is 66.2 Å². The van der Waals surface area contributed by atoms with E-state index >= 15 is 0 Å². The van der Waals surface area contributed by atoms with Crippen molar-refractivity contribution in [3.05, 3.63) is 76.9 Å². The van der Waals surface area contributed by atoms with Gasteiger partial charge in [0.25, 0.3) is 0 Å². The van der Waals surface area contributed by atoms with Crippen LogP contribution in [0.5, 0.6) is 0 Å². The second kappa shape index (κ2) is 4.06. The van der Waals surface area contributed by atoms with Gasteiger partial charge in [0.1, 0.15) is 0 Å². The van der Waals surface area contributed by atoms with Gasteiger partial charge < -0.3 is 0 Å². The molecule has 82 valence electrons. The number of hydrogen-bond acceptors (Lipinski definition) is 0. The maximum atomic E-state index is 2.24. The second-order valence-electron chi connectivity index (χ2n) is 4.43. The zero-order valence-corrected chi connectivity index (χ0v) is 9.85. The molecule has 0 saturated carbocycles. The van der Waals surface area contributed by atoms with Gasteiger partial charge in [0.05, 0.1) is 0 Å². The second-order valence-corrected chi connectivity index (χ2v) is 4.43. The highest BCUT2D eigenvalue weighted by molar-refractivity contribution is 5.97. The Balaban J connectivity index is 2.02. The predicted molar refractivity (Wildman–Crippen MR) is 74.5 cm³/mol. The van der Waals surface area contributed by atoms with Crippen LogP contribution in [0.25, 0.3) is 17.7 Å². The fourth-order valence-corrected chi connectivity index (χ4v) is 2.14. The standard InChI is InChI=1S/C17H14/c1-13-6-8-14(9-7-13)12-16-11-10-15-4-2-3-5-17(15)16/h2-12H,1H3/b16-12-. The van der Waals surface area contributed by atoms with Gasteiger partial charge in [0.15, 0.2) is 0 Å². The molecule has 0 atom stereocenters. The quantitative estimate of drug-likeness (QED) is 0.658. The van der Waals surface area contributed by atoms with E-state index in [-0.39, 0.29) is 0 Å². The van der Waals surface area contributed by atoms with Crippen molar-refractivity contribution in [3.8, 4) is 0 Å². The fraction of sp³-hybridized carbons (Fsp3) is 0.0588. The molecule has 0 saturated heterocycles. The molecule has 0 bridgehead atoms. The maximum absolute atomic E-state index is 2.24. The molecular formula is C17H14. The largest absolute Gasteiger partial charge is 0.0616 e. The van der Waals surface area contributed by atoms with Crippen molar-refractivity contribution in [2.75, 3.05) is 0 Å². The zero-order chi connectivity index (χ0) is 11.7. The minimum absolute atomic E-state index is 1.26. The fourth-order valence-electron chi connectivity index (χ4n) is 2.14. The van der Waals surface area contributed by atoms with Crippen molar-refractivity contribution in [1.82, 2.24) is 0 Å². The molecule has 0 radical (unpaired) electrons. The average Bonchev–Trinajstić information content (AvgIpc) is 2.76. The first-order valence-corrected chi connectivity index (χ1v) is 5.89. The molecule has 0 spiro atoms. The van der Waals surface area contributed by atoms with Crippen molar-refractivity contribution < 1.29 is 0 Å². The van der Waals surface area contributed by atoms with Crippen LogP contribution in [0.15, 0.2) is 54.6 Å². The van der Waals surface area contributed by atoms with E-state index < -0.39 is 0 Å². The first kappa shape index (κ1) is 10.1. The highest BCUT2D eigenvalue weighted by Gasteiger charge is 2.08. The zero-order valence-electron chi connectivity index (χ0n) is 9.85. The molecule has 0 unspecified atom stereocenters. The monoisotopic (exact) mass is 218 g/mol. The number of benzene rings is 2. The lowest BCUT2D eigenvalue weighted by molar-refractivity contribution is 1.46. The van der Waals surface area contributed by atoms with Gasteiger partial charge in [-0.2, -0.15) is 0 Å². The van der Waals surface area contributed by atoms with Crippen molar-refractivity contribution in [2.45, 2.75) is 6.92 Å². The Morgan fingerprint density at radius 3 is 2.41 bits per heavy atom. The van der Waals surface area contributed by atoms with Crippen molar-refractivity contribution >= 4 is 17.7 Å². The van der Waals surface area contributed by atoms with Gasteiger partial charge in [-0.3, -0.25) is 0 Å². The molecule has 0 aliphatic heterocycles. The van der Waals surface area contributed by atoms with Gasteiger partial charge in [0.2, 0.25) is 0 Å². The Kier molecular flexibility index (Phi) is 2.41. The van der Waals surface area contributed by atoms with E-state index in [1.54, 1.807) is 0 Å².